The summed E-state index contributed by atoms with van der Waals surface area (Å²) in [6, 6.07) is 7.94. The van der Waals surface area contributed by atoms with Crippen LogP contribution in [0.4, 0.5) is 0 Å². The van der Waals surface area contributed by atoms with Gasteiger partial charge in [-0.1, -0.05) is 19.1 Å². The third kappa shape index (κ3) is 1.99. The van der Waals surface area contributed by atoms with Crippen molar-refractivity contribution in [2.24, 2.45) is 0 Å². The van der Waals surface area contributed by atoms with Gasteiger partial charge in [0.2, 0.25) is 5.91 Å². The smallest absolute Gasteiger partial charge is 0.233 e. The van der Waals surface area contributed by atoms with E-state index in [1.54, 1.807) is 11.8 Å². The number of benzene rings is 1. The van der Waals surface area contributed by atoms with Gasteiger partial charge in [0.05, 0.1) is 28.7 Å². The van der Waals surface area contributed by atoms with E-state index in [-0.39, 0.29) is 5.91 Å². The van der Waals surface area contributed by atoms with Crippen molar-refractivity contribution in [2.45, 2.75) is 25.3 Å². The number of aromatic amines is 1. The zero-order valence-electron chi connectivity index (χ0n) is 10.2. The van der Waals surface area contributed by atoms with Gasteiger partial charge in [-0.05, 0) is 18.6 Å². The fourth-order valence-electron chi connectivity index (χ4n) is 2.27. The number of carbonyl (C=O) groups is 1. The van der Waals surface area contributed by atoms with Crippen LogP contribution in [0.1, 0.15) is 19.2 Å². The van der Waals surface area contributed by atoms with Crippen LogP contribution in [-0.2, 0) is 11.3 Å². The second-order valence-corrected chi connectivity index (χ2v) is 5.56. The minimum atomic E-state index is 0.215. The number of hydrogen-bond acceptors (Lipinski definition) is 3. The minimum absolute atomic E-state index is 0.215. The molecule has 1 aromatic carbocycles. The maximum atomic E-state index is 11.8. The van der Waals surface area contributed by atoms with Crippen molar-refractivity contribution in [1.29, 1.82) is 0 Å². The number of amides is 1. The van der Waals surface area contributed by atoms with Gasteiger partial charge >= 0.3 is 0 Å². The second-order valence-electron chi connectivity index (χ2n) is 4.40. The molecule has 2 aromatic rings. The molecule has 1 fully saturated rings. The van der Waals surface area contributed by atoms with Gasteiger partial charge in [-0.3, -0.25) is 4.79 Å². The number of nitrogens with one attached hydrogen (secondary N) is 1. The number of carbonyl (C=O) groups excluding carboxylic acids is 1. The number of nitrogens with zero attached hydrogens (tertiary/aromatic N) is 2. The highest BCUT2D eigenvalue weighted by Crippen LogP contribution is 2.28. The summed E-state index contributed by atoms with van der Waals surface area (Å²) in [7, 11) is 0. The van der Waals surface area contributed by atoms with E-state index in [2.05, 4.69) is 16.9 Å². The molecule has 1 aliphatic rings. The first-order valence-electron chi connectivity index (χ1n) is 6.12. The molecule has 1 amide bonds. The predicted molar refractivity (Wildman–Crippen MR) is 73.2 cm³/mol. The standard InChI is InChI=1S/C13H15N3OS/c1-2-13-16(12(17)8-18-13)7-11-14-9-5-3-4-6-10(9)15-11/h3-6,13H,2,7-8H2,1H3,(H,14,15). The van der Waals surface area contributed by atoms with Gasteiger partial charge in [-0.25, -0.2) is 4.98 Å². The molecule has 1 aliphatic heterocycles. The van der Waals surface area contributed by atoms with Crippen LogP contribution in [0.15, 0.2) is 24.3 Å². The molecule has 0 radical (unpaired) electrons. The molecule has 5 heteroatoms. The van der Waals surface area contributed by atoms with Gasteiger partial charge in [-0.15, -0.1) is 11.8 Å². The van der Waals surface area contributed by atoms with Crippen LogP contribution in [0.2, 0.25) is 0 Å². The van der Waals surface area contributed by atoms with Crippen molar-refractivity contribution in [2.75, 3.05) is 5.75 Å². The lowest BCUT2D eigenvalue weighted by atomic mass is 10.3. The number of para-hydroxylation sites is 2. The lowest BCUT2D eigenvalue weighted by Crippen LogP contribution is -2.32. The van der Waals surface area contributed by atoms with E-state index < -0.39 is 0 Å². The van der Waals surface area contributed by atoms with Crippen LogP contribution < -0.4 is 0 Å². The quantitative estimate of drug-likeness (QED) is 0.922. The minimum Gasteiger partial charge on any atom is -0.340 e. The first-order chi connectivity index (χ1) is 8.78. The number of rotatable bonds is 3. The van der Waals surface area contributed by atoms with Crippen molar-refractivity contribution in [3.8, 4) is 0 Å². The molecule has 4 nitrogen and oxygen atoms in total. The molecule has 1 aromatic heterocycles. The van der Waals surface area contributed by atoms with Crippen LogP contribution in [0.5, 0.6) is 0 Å². The highest BCUT2D eigenvalue weighted by molar-refractivity contribution is 8.00. The van der Waals surface area contributed by atoms with E-state index in [1.165, 1.54) is 0 Å². The Morgan fingerprint density at radius 1 is 1.50 bits per heavy atom. The van der Waals surface area contributed by atoms with Crippen LogP contribution in [-0.4, -0.2) is 31.9 Å². The molecule has 94 valence electrons. The molecule has 18 heavy (non-hydrogen) atoms. The average Bonchev–Trinajstić information content (AvgIpc) is 2.94. The molecule has 0 saturated carbocycles. The first kappa shape index (κ1) is 11.6. The highest BCUT2D eigenvalue weighted by atomic mass is 32.2. The maximum absolute atomic E-state index is 11.8. The van der Waals surface area contributed by atoms with Crippen molar-refractivity contribution in [3.05, 3.63) is 30.1 Å². The monoisotopic (exact) mass is 261 g/mol. The number of thioether (sulfide) groups is 1. The Morgan fingerprint density at radius 3 is 3.11 bits per heavy atom. The number of hydrogen-bond donors (Lipinski definition) is 1. The topological polar surface area (TPSA) is 49.0 Å². The Kier molecular flexibility index (Phi) is 2.99. The number of aromatic nitrogens is 2. The Hall–Kier alpha value is -1.49. The molecule has 0 bridgehead atoms. The van der Waals surface area contributed by atoms with Crippen LogP contribution >= 0.6 is 11.8 Å². The predicted octanol–water partition coefficient (Wildman–Crippen LogP) is 2.37. The van der Waals surface area contributed by atoms with Crippen LogP contribution in [0.3, 0.4) is 0 Å². The van der Waals surface area contributed by atoms with Crippen molar-refractivity contribution < 1.29 is 4.79 Å². The molecule has 1 unspecified atom stereocenters. The molecule has 3 rings (SSSR count). The van der Waals surface area contributed by atoms with Gasteiger partial charge in [0.25, 0.3) is 0 Å². The zero-order chi connectivity index (χ0) is 12.5. The third-order valence-electron chi connectivity index (χ3n) is 3.17. The molecule has 1 N–H and O–H groups in total. The summed E-state index contributed by atoms with van der Waals surface area (Å²) in [5.41, 5.74) is 1.99. The van der Waals surface area contributed by atoms with Gasteiger partial charge in [-0.2, -0.15) is 0 Å². The van der Waals surface area contributed by atoms with Crippen molar-refractivity contribution in [1.82, 2.24) is 14.9 Å². The van der Waals surface area contributed by atoms with E-state index in [0.717, 1.165) is 23.3 Å². The fraction of sp³-hybridized carbons (Fsp3) is 0.385. The summed E-state index contributed by atoms with van der Waals surface area (Å²) in [5.74, 6) is 1.68. The van der Waals surface area contributed by atoms with Crippen LogP contribution in [0.25, 0.3) is 11.0 Å². The Balaban J connectivity index is 1.85. The van der Waals surface area contributed by atoms with Crippen LogP contribution in [0, 0.1) is 0 Å². The van der Waals surface area contributed by atoms with Gasteiger partial charge in [0.1, 0.15) is 5.82 Å². The maximum Gasteiger partial charge on any atom is 0.233 e. The summed E-state index contributed by atoms with van der Waals surface area (Å²) in [6.07, 6.45) is 0.983. The van der Waals surface area contributed by atoms with E-state index in [4.69, 9.17) is 0 Å². The molecule has 0 spiro atoms. The molecular formula is C13H15N3OS. The first-order valence-corrected chi connectivity index (χ1v) is 7.17. The zero-order valence-corrected chi connectivity index (χ0v) is 11.0. The highest BCUT2D eigenvalue weighted by Gasteiger charge is 2.30. The fourth-order valence-corrected chi connectivity index (χ4v) is 3.38. The average molecular weight is 261 g/mol. The van der Waals surface area contributed by atoms with Gasteiger partial charge < -0.3 is 9.88 Å². The van der Waals surface area contributed by atoms with E-state index >= 15 is 0 Å². The van der Waals surface area contributed by atoms with Gasteiger partial charge in [0, 0.05) is 0 Å². The summed E-state index contributed by atoms with van der Waals surface area (Å²) in [6.45, 7) is 2.70. The molecular weight excluding hydrogens is 246 g/mol. The normalized spacial score (nSPS) is 19.9. The molecule has 2 heterocycles. The van der Waals surface area contributed by atoms with E-state index in [9.17, 15) is 4.79 Å². The molecule has 1 saturated heterocycles. The molecule has 0 aliphatic carbocycles. The van der Waals surface area contributed by atoms with Gasteiger partial charge in [0.15, 0.2) is 0 Å². The SMILES string of the molecule is CCC1SCC(=O)N1Cc1nc2ccccc2[nH]1. The third-order valence-corrected chi connectivity index (χ3v) is 4.56. The number of imidazole rings is 1. The molecule has 1 atom stereocenters. The van der Waals surface area contributed by atoms with Crippen molar-refractivity contribution >= 4 is 28.7 Å². The summed E-state index contributed by atoms with van der Waals surface area (Å²) in [5, 5.41) is 0.297. The second kappa shape index (κ2) is 4.65. The lowest BCUT2D eigenvalue weighted by molar-refractivity contribution is -0.128. The number of fused-ring (bicyclic) bond motifs is 1. The Morgan fingerprint density at radius 2 is 2.33 bits per heavy atom. The summed E-state index contributed by atoms with van der Waals surface area (Å²) in [4.78, 5) is 21.5. The lowest BCUT2D eigenvalue weighted by Gasteiger charge is -2.21. The Bertz CT molecular complexity index is 547. The van der Waals surface area contributed by atoms with E-state index in [1.807, 2.05) is 29.2 Å². The van der Waals surface area contributed by atoms with E-state index in [0.29, 0.717) is 17.7 Å². The summed E-state index contributed by atoms with van der Waals surface area (Å²) < 4.78 is 0. The summed E-state index contributed by atoms with van der Waals surface area (Å²) >= 11 is 1.72. The Labute approximate surface area is 110 Å². The largest absolute Gasteiger partial charge is 0.340 e. The van der Waals surface area contributed by atoms with Crippen molar-refractivity contribution in [3.63, 3.8) is 0 Å². The number of H-pyrrole nitrogens is 1.